The predicted octanol–water partition coefficient (Wildman–Crippen LogP) is 2.95. The molecule has 0 bridgehead atoms. The van der Waals surface area contributed by atoms with Crippen molar-refractivity contribution in [3.63, 3.8) is 0 Å². The van der Waals surface area contributed by atoms with Gasteiger partial charge in [-0.25, -0.2) is 0 Å². The Hall–Kier alpha value is -2.45. The fraction of sp³-hybridized carbons (Fsp3) is 0.353. The van der Waals surface area contributed by atoms with Crippen molar-refractivity contribution >= 4 is 10.9 Å². The summed E-state index contributed by atoms with van der Waals surface area (Å²) in [6.45, 7) is 3.89. The van der Waals surface area contributed by atoms with Crippen molar-refractivity contribution in [2.24, 2.45) is 10.2 Å². The maximum Gasteiger partial charge on any atom is 0.189 e. The van der Waals surface area contributed by atoms with Crippen LogP contribution in [0.2, 0.25) is 0 Å². The van der Waals surface area contributed by atoms with Gasteiger partial charge in [0.1, 0.15) is 11.3 Å². The lowest BCUT2D eigenvalue weighted by Crippen LogP contribution is -2.27. The lowest BCUT2D eigenvalue weighted by atomic mass is 10.1. The van der Waals surface area contributed by atoms with E-state index in [4.69, 9.17) is 6.42 Å². The summed E-state index contributed by atoms with van der Waals surface area (Å²) in [5.74, 6) is 2.90. The molecule has 0 amide bonds. The van der Waals surface area contributed by atoms with Gasteiger partial charge in [0.25, 0.3) is 0 Å². The molecule has 0 saturated carbocycles. The van der Waals surface area contributed by atoms with Crippen LogP contribution in [0.4, 0.5) is 0 Å². The fourth-order valence-electron chi connectivity index (χ4n) is 2.44. The number of terminal acetylenes is 1. The molecule has 3 rings (SSSR count). The molecule has 1 aliphatic rings. The quantitative estimate of drug-likeness (QED) is 0.833. The van der Waals surface area contributed by atoms with E-state index in [-0.39, 0.29) is 11.4 Å². The predicted molar refractivity (Wildman–Crippen MR) is 85.4 cm³/mol. The number of aromatic nitrogens is 1. The van der Waals surface area contributed by atoms with E-state index in [0.29, 0.717) is 18.6 Å². The lowest BCUT2D eigenvalue weighted by Gasteiger charge is -2.21. The minimum Gasteiger partial charge on any atom is -0.505 e. The molecule has 0 saturated heterocycles. The molecule has 0 fully saturated rings. The van der Waals surface area contributed by atoms with Crippen molar-refractivity contribution in [3.8, 4) is 18.1 Å². The van der Waals surface area contributed by atoms with Gasteiger partial charge in [-0.15, -0.1) is 6.42 Å². The van der Waals surface area contributed by atoms with Gasteiger partial charge in [-0.3, -0.25) is 9.88 Å². The number of phenolic OH excluding ortho intramolecular Hbond substituents is 1. The molecule has 2 aromatic rings. The molecule has 0 atom stereocenters. The monoisotopic (exact) mass is 294 g/mol. The molecule has 0 radical (unpaired) electrons. The summed E-state index contributed by atoms with van der Waals surface area (Å²) in [5, 5.41) is 19.4. The highest BCUT2D eigenvalue weighted by Crippen LogP contribution is 2.32. The molecule has 0 unspecified atom stereocenters. The van der Waals surface area contributed by atoms with Gasteiger partial charge in [-0.2, -0.15) is 10.2 Å². The molecule has 0 spiro atoms. The molecule has 112 valence electrons. The van der Waals surface area contributed by atoms with Crippen molar-refractivity contribution in [1.29, 1.82) is 0 Å². The first-order chi connectivity index (χ1) is 10.6. The van der Waals surface area contributed by atoms with Crippen LogP contribution in [0, 0.1) is 12.3 Å². The molecule has 1 aromatic heterocycles. The Balaban J connectivity index is 1.77. The normalized spacial score (nSPS) is 15.1. The number of pyridine rings is 1. The zero-order valence-corrected chi connectivity index (χ0v) is 12.5. The van der Waals surface area contributed by atoms with E-state index in [1.165, 1.54) is 0 Å². The molecule has 1 N–H and O–H groups in total. The lowest BCUT2D eigenvalue weighted by molar-refractivity contribution is 0.277. The van der Waals surface area contributed by atoms with Crippen molar-refractivity contribution < 1.29 is 5.11 Å². The molecule has 2 heterocycles. The van der Waals surface area contributed by atoms with Gasteiger partial charge in [0.15, 0.2) is 5.66 Å². The van der Waals surface area contributed by atoms with Crippen LogP contribution in [0.15, 0.2) is 40.7 Å². The van der Waals surface area contributed by atoms with Crippen LogP contribution in [-0.4, -0.2) is 33.7 Å². The third-order valence-electron chi connectivity index (χ3n) is 3.88. The second-order valence-electron chi connectivity index (χ2n) is 5.73. The van der Waals surface area contributed by atoms with Gasteiger partial charge in [0.2, 0.25) is 0 Å². The smallest absolute Gasteiger partial charge is 0.189 e. The number of phenols is 1. The highest BCUT2D eigenvalue weighted by atomic mass is 16.3. The second-order valence-corrected chi connectivity index (χ2v) is 5.73. The molecule has 5 heteroatoms. The van der Waals surface area contributed by atoms with E-state index in [0.717, 1.165) is 23.9 Å². The Morgan fingerprint density at radius 3 is 2.86 bits per heavy atom. The maximum absolute atomic E-state index is 10.4. The van der Waals surface area contributed by atoms with Crippen LogP contribution in [-0.2, 0) is 6.54 Å². The van der Waals surface area contributed by atoms with Crippen molar-refractivity contribution in [1.82, 2.24) is 9.88 Å². The van der Waals surface area contributed by atoms with Crippen molar-refractivity contribution in [2.45, 2.75) is 25.6 Å². The van der Waals surface area contributed by atoms with Crippen LogP contribution in [0.25, 0.3) is 10.9 Å². The molecule has 22 heavy (non-hydrogen) atoms. The van der Waals surface area contributed by atoms with E-state index in [1.807, 2.05) is 31.2 Å². The number of benzene rings is 1. The maximum atomic E-state index is 10.4. The van der Waals surface area contributed by atoms with Gasteiger partial charge in [0, 0.05) is 36.7 Å². The van der Waals surface area contributed by atoms with Crippen LogP contribution in [0.3, 0.4) is 0 Å². The zero-order chi connectivity index (χ0) is 15.6. The number of hydrogen-bond acceptors (Lipinski definition) is 5. The third kappa shape index (κ3) is 3.07. The molecule has 5 nitrogen and oxygen atoms in total. The Morgan fingerprint density at radius 2 is 2.14 bits per heavy atom. The molecule has 1 aliphatic heterocycles. The number of fused-ring (bicyclic) bond motifs is 1. The number of rotatable bonds is 6. The number of aromatic hydroxyl groups is 1. The first-order valence-corrected chi connectivity index (χ1v) is 7.27. The Bertz CT molecular complexity index is 757. The van der Waals surface area contributed by atoms with Crippen LogP contribution in [0.1, 0.15) is 18.9 Å². The van der Waals surface area contributed by atoms with E-state index in [2.05, 4.69) is 26.0 Å². The fourth-order valence-corrected chi connectivity index (χ4v) is 2.44. The van der Waals surface area contributed by atoms with Gasteiger partial charge in [-0.05, 0) is 13.0 Å². The minimum absolute atomic E-state index is 0.229. The zero-order valence-electron chi connectivity index (χ0n) is 12.5. The Labute approximate surface area is 129 Å². The Morgan fingerprint density at radius 1 is 1.32 bits per heavy atom. The van der Waals surface area contributed by atoms with Crippen LogP contribution >= 0.6 is 0 Å². The summed E-state index contributed by atoms with van der Waals surface area (Å²) in [5.41, 5.74) is 1.22. The summed E-state index contributed by atoms with van der Waals surface area (Å²) in [6.07, 6.45) is 7.97. The van der Waals surface area contributed by atoms with Gasteiger partial charge < -0.3 is 5.11 Å². The molecular formula is C17H18N4O. The first kappa shape index (κ1) is 14.5. The van der Waals surface area contributed by atoms with Crippen LogP contribution in [0.5, 0.6) is 5.75 Å². The average Bonchev–Trinajstić information content (AvgIpc) is 3.26. The standard InChI is InChI=1S/C17H18N4O/c1-3-10-21(11-8-17(2)19-20-17)12-14-7-6-13-5-4-9-18-15(13)16(14)22/h1,4-7,9,22H,8,10-12H2,2H3. The van der Waals surface area contributed by atoms with Crippen molar-refractivity contribution in [3.05, 3.63) is 36.0 Å². The third-order valence-corrected chi connectivity index (χ3v) is 3.88. The number of hydrogen-bond donors (Lipinski definition) is 1. The topological polar surface area (TPSA) is 61.1 Å². The largest absolute Gasteiger partial charge is 0.505 e. The van der Waals surface area contributed by atoms with E-state index >= 15 is 0 Å². The highest BCUT2D eigenvalue weighted by Gasteiger charge is 2.33. The van der Waals surface area contributed by atoms with E-state index < -0.39 is 0 Å². The molecule has 1 aromatic carbocycles. The summed E-state index contributed by atoms with van der Waals surface area (Å²) in [4.78, 5) is 6.36. The van der Waals surface area contributed by atoms with E-state index in [9.17, 15) is 5.11 Å². The SMILES string of the molecule is C#CCN(CCC1(C)N=N1)Cc1ccc2cccnc2c1O. The first-order valence-electron chi connectivity index (χ1n) is 7.27. The van der Waals surface area contributed by atoms with Gasteiger partial charge in [-0.1, -0.05) is 24.1 Å². The second kappa shape index (κ2) is 5.74. The molecule has 0 aliphatic carbocycles. The summed E-state index contributed by atoms with van der Waals surface area (Å²) < 4.78 is 0. The summed E-state index contributed by atoms with van der Waals surface area (Å²) in [7, 11) is 0. The number of nitrogens with zero attached hydrogens (tertiary/aromatic N) is 4. The highest BCUT2D eigenvalue weighted by molar-refractivity contribution is 5.85. The van der Waals surface area contributed by atoms with Gasteiger partial charge in [0.05, 0.1) is 6.54 Å². The summed E-state index contributed by atoms with van der Waals surface area (Å²) >= 11 is 0. The minimum atomic E-state index is -0.236. The Kier molecular flexibility index (Phi) is 3.78. The molecular weight excluding hydrogens is 276 g/mol. The van der Waals surface area contributed by atoms with Crippen molar-refractivity contribution in [2.75, 3.05) is 13.1 Å². The summed E-state index contributed by atoms with van der Waals surface area (Å²) in [6, 6.07) is 7.69. The van der Waals surface area contributed by atoms with Crippen LogP contribution < -0.4 is 0 Å². The van der Waals surface area contributed by atoms with Gasteiger partial charge >= 0.3 is 0 Å². The average molecular weight is 294 g/mol. The van der Waals surface area contributed by atoms with E-state index in [1.54, 1.807) is 6.20 Å².